The van der Waals surface area contributed by atoms with Crippen LogP contribution in [0.5, 0.6) is 0 Å². The predicted molar refractivity (Wildman–Crippen MR) is 76.5 cm³/mol. The molecule has 0 aliphatic heterocycles. The van der Waals surface area contributed by atoms with Gasteiger partial charge in [0.2, 0.25) is 0 Å². The molecule has 6 nitrogen and oxygen atoms in total. The van der Waals surface area contributed by atoms with Gasteiger partial charge in [0.05, 0.1) is 4.92 Å². The lowest BCUT2D eigenvalue weighted by molar-refractivity contribution is -0.387. The van der Waals surface area contributed by atoms with Gasteiger partial charge in [-0.1, -0.05) is 12.1 Å². The third kappa shape index (κ3) is 5.09. The molecule has 0 radical (unpaired) electrons. The van der Waals surface area contributed by atoms with Crippen LogP contribution >= 0.6 is 23.7 Å². The largest absolute Gasteiger partial charge is 0.480 e. The van der Waals surface area contributed by atoms with E-state index >= 15 is 0 Å². The Balaban J connectivity index is 2.68. The van der Waals surface area contributed by atoms with Crippen molar-refractivity contribution in [2.45, 2.75) is 17.4 Å². The number of carbonyl (C=O) groups is 1. The molecule has 1 aromatic rings. The summed E-state index contributed by atoms with van der Waals surface area (Å²) in [7, 11) is 0. The molecule has 0 saturated carbocycles. The fraction of sp³-hybridized carbons (Fsp3) is 0.364. The molecule has 0 heterocycles. The first-order chi connectivity index (χ1) is 9.06. The molecule has 0 unspecified atom stereocenters. The number of rotatable bonds is 8. The van der Waals surface area contributed by atoms with E-state index in [9.17, 15) is 14.9 Å². The number of nitrogens with zero attached hydrogens (tertiary/aromatic N) is 1. The third-order valence-electron chi connectivity index (χ3n) is 2.28. The number of nitro groups is 1. The zero-order chi connectivity index (χ0) is 14.3. The van der Waals surface area contributed by atoms with Crippen LogP contribution in [0.4, 0.5) is 5.69 Å². The van der Waals surface area contributed by atoms with Crippen LogP contribution in [0, 0.1) is 10.1 Å². The number of carboxylic acid groups (broad SMARTS) is 1. The zero-order valence-electron chi connectivity index (χ0n) is 10.2. The normalized spacial score (nSPS) is 12.1. The standard InChI is InChI=1S/C11H14N2O4S2/c1-18-7-6-8(11(14)15)12-19-10-5-3-2-4-9(10)13(16)17/h2-5,8,12H,6-7H2,1H3,(H,14,15)/t8-/m1/s1. The smallest absolute Gasteiger partial charge is 0.321 e. The fourth-order valence-electron chi connectivity index (χ4n) is 1.30. The number of aliphatic carboxylic acids is 1. The first-order valence-corrected chi connectivity index (χ1v) is 7.64. The lowest BCUT2D eigenvalue weighted by Gasteiger charge is -2.12. The molecule has 1 atom stereocenters. The minimum atomic E-state index is -0.958. The van der Waals surface area contributed by atoms with Gasteiger partial charge in [0, 0.05) is 6.07 Å². The van der Waals surface area contributed by atoms with Crippen LogP contribution in [0.15, 0.2) is 29.2 Å². The Morgan fingerprint density at radius 2 is 2.21 bits per heavy atom. The summed E-state index contributed by atoms with van der Waals surface area (Å²) in [5.41, 5.74) is -0.0333. The highest BCUT2D eigenvalue weighted by atomic mass is 32.2. The van der Waals surface area contributed by atoms with E-state index in [-0.39, 0.29) is 5.69 Å². The summed E-state index contributed by atoms with van der Waals surface area (Å²) < 4.78 is 2.76. The van der Waals surface area contributed by atoms with Crippen molar-refractivity contribution in [2.75, 3.05) is 12.0 Å². The van der Waals surface area contributed by atoms with E-state index in [0.717, 1.165) is 11.9 Å². The molecule has 0 aliphatic rings. The second-order valence-electron chi connectivity index (χ2n) is 3.62. The van der Waals surface area contributed by atoms with Crippen LogP contribution < -0.4 is 4.72 Å². The lowest BCUT2D eigenvalue weighted by atomic mass is 10.2. The first kappa shape index (κ1) is 15.8. The number of benzene rings is 1. The molecule has 1 aromatic carbocycles. The van der Waals surface area contributed by atoms with Crippen LogP contribution in [0.25, 0.3) is 0 Å². The number of nitrogens with one attached hydrogen (secondary N) is 1. The third-order valence-corrected chi connectivity index (χ3v) is 3.89. The maximum atomic E-state index is 11.0. The van der Waals surface area contributed by atoms with Crippen LogP contribution in [-0.2, 0) is 4.79 Å². The van der Waals surface area contributed by atoms with Gasteiger partial charge in [-0.2, -0.15) is 11.8 Å². The summed E-state index contributed by atoms with van der Waals surface area (Å²) in [4.78, 5) is 21.8. The lowest BCUT2D eigenvalue weighted by Crippen LogP contribution is -2.32. The van der Waals surface area contributed by atoms with Crippen molar-refractivity contribution in [2.24, 2.45) is 0 Å². The second kappa shape index (κ2) is 8.03. The van der Waals surface area contributed by atoms with Gasteiger partial charge in [0.25, 0.3) is 5.69 Å². The quantitative estimate of drug-likeness (QED) is 0.432. The highest BCUT2D eigenvalue weighted by Crippen LogP contribution is 2.27. The molecule has 2 N–H and O–H groups in total. The second-order valence-corrected chi connectivity index (χ2v) is 5.48. The molecule has 0 spiro atoms. The summed E-state index contributed by atoms with van der Waals surface area (Å²) in [5.74, 6) is -0.248. The molecule has 0 fully saturated rings. The summed E-state index contributed by atoms with van der Waals surface area (Å²) in [6, 6.07) is 5.50. The van der Waals surface area contributed by atoms with E-state index in [2.05, 4.69) is 4.72 Å². The summed E-state index contributed by atoms with van der Waals surface area (Å²) >= 11 is 2.54. The molecular weight excluding hydrogens is 288 g/mol. The van der Waals surface area contributed by atoms with E-state index in [1.165, 1.54) is 6.07 Å². The fourth-order valence-corrected chi connectivity index (χ4v) is 2.65. The van der Waals surface area contributed by atoms with E-state index < -0.39 is 16.9 Å². The van der Waals surface area contributed by atoms with Crippen LogP contribution in [0.3, 0.4) is 0 Å². The molecular formula is C11H14N2O4S2. The molecule has 0 amide bonds. The molecule has 0 aliphatic carbocycles. The number of hydrogen-bond donors (Lipinski definition) is 2. The average molecular weight is 302 g/mol. The van der Waals surface area contributed by atoms with Crippen molar-refractivity contribution in [3.05, 3.63) is 34.4 Å². The number of hydrogen-bond acceptors (Lipinski definition) is 6. The Morgan fingerprint density at radius 1 is 1.53 bits per heavy atom. The van der Waals surface area contributed by atoms with E-state index in [1.54, 1.807) is 30.0 Å². The number of nitro benzene ring substituents is 1. The number of carboxylic acids is 1. The highest BCUT2D eigenvalue weighted by molar-refractivity contribution is 7.98. The van der Waals surface area contributed by atoms with Crippen LogP contribution in [0.1, 0.15) is 6.42 Å². The van der Waals surface area contributed by atoms with Gasteiger partial charge in [-0.3, -0.25) is 14.9 Å². The van der Waals surface area contributed by atoms with Gasteiger partial charge in [0.15, 0.2) is 0 Å². The average Bonchev–Trinajstić information content (AvgIpc) is 2.38. The SMILES string of the molecule is CSCC[C@@H](NSc1ccccc1[N+](=O)[O-])C(=O)O. The van der Waals surface area contributed by atoms with Crippen molar-refractivity contribution in [3.8, 4) is 0 Å². The Morgan fingerprint density at radius 3 is 2.79 bits per heavy atom. The molecule has 104 valence electrons. The van der Waals surface area contributed by atoms with E-state index in [4.69, 9.17) is 5.11 Å². The van der Waals surface area contributed by atoms with Crippen molar-refractivity contribution < 1.29 is 14.8 Å². The molecule has 0 bridgehead atoms. The summed E-state index contributed by atoms with van der Waals surface area (Å²) in [5, 5.41) is 19.9. The minimum Gasteiger partial charge on any atom is -0.480 e. The number of para-hydroxylation sites is 1. The molecule has 1 rings (SSSR count). The van der Waals surface area contributed by atoms with Gasteiger partial charge < -0.3 is 5.11 Å². The Hall–Kier alpha value is -1.25. The summed E-state index contributed by atoms with van der Waals surface area (Å²) in [6.07, 6.45) is 2.36. The van der Waals surface area contributed by atoms with Gasteiger partial charge in [-0.15, -0.1) is 0 Å². The first-order valence-electron chi connectivity index (χ1n) is 5.43. The van der Waals surface area contributed by atoms with Crippen molar-refractivity contribution in [1.29, 1.82) is 0 Å². The van der Waals surface area contributed by atoms with Gasteiger partial charge in [-0.05, 0) is 36.4 Å². The summed E-state index contributed by atoms with van der Waals surface area (Å²) in [6.45, 7) is 0. The monoisotopic (exact) mass is 302 g/mol. The zero-order valence-corrected chi connectivity index (χ0v) is 11.9. The Labute approximate surface area is 119 Å². The predicted octanol–water partition coefficient (Wildman–Crippen LogP) is 2.40. The van der Waals surface area contributed by atoms with Crippen molar-refractivity contribution in [1.82, 2.24) is 4.72 Å². The Kier molecular flexibility index (Phi) is 6.68. The van der Waals surface area contributed by atoms with Gasteiger partial charge in [-0.25, -0.2) is 4.72 Å². The maximum Gasteiger partial charge on any atom is 0.321 e. The maximum absolute atomic E-state index is 11.0. The topological polar surface area (TPSA) is 92.5 Å². The molecule has 0 aromatic heterocycles. The molecule has 8 heteroatoms. The van der Waals surface area contributed by atoms with E-state index in [1.807, 2.05) is 6.26 Å². The van der Waals surface area contributed by atoms with Gasteiger partial charge in [0.1, 0.15) is 10.9 Å². The Bertz CT molecular complexity index is 456. The van der Waals surface area contributed by atoms with Crippen molar-refractivity contribution in [3.63, 3.8) is 0 Å². The van der Waals surface area contributed by atoms with Crippen LogP contribution in [-0.4, -0.2) is 34.0 Å². The highest BCUT2D eigenvalue weighted by Gasteiger charge is 2.19. The van der Waals surface area contributed by atoms with Gasteiger partial charge >= 0.3 is 5.97 Å². The van der Waals surface area contributed by atoms with E-state index in [0.29, 0.717) is 17.1 Å². The minimum absolute atomic E-state index is 0.0333. The number of thioether (sulfide) groups is 1. The van der Waals surface area contributed by atoms with Crippen molar-refractivity contribution >= 4 is 35.4 Å². The van der Waals surface area contributed by atoms with Crippen LogP contribution in [0.2, 0.25) is 0 Å². The molecule has 0 saturated heterocycles. The molecule has 19 heavy (non-hydrogen) atoms.